The molecule has 6 aromatic carbocycles. The zero-order valence-corrected chi connectivity index (χ0v) is 22.9. The zero-order valence-electron chi connectivity index (χ0n) is 22.9. The topological polar surface area (TPSA) is 34.8 Å². The Balaban J connectivity index is 1.25. The molecule has 4 nitrogen and oxygen atoms in total. The molecule has 0 amide bonds. The molecule has 2 aliphatic heterocycles. The van der Waals surface area contributed by atoms with E-state index < -0.39 is 0 Å². The molecule has 5 heteroatoms. The van der Waals surface area contributed by atoms with Gasteiger partial charge in [0, 0.05) is 39.4 Å². The first-order chi connectivity index (χ1) is 20.7. The summed E-state index contributed by atoms with van der Waals surface area (Å²) in [6.07, 6.45) is 0. The number of benzene rings is 6. The zero-order chi connectivity index (χ0) is 27.8. The molecule has 3 heterocycles. The number of furan rings is 1. The van der Waals surface area contributed by atoms with Crippen LogP contribution in [0.5, 0.6) is 23.0 Å². The van der Waals surface area contributed by atoms with Crippen LogP contribution in [0.15, 0.2) is 132 Å². The normalized spacial score (nSPS) is 12.7. The molecule has 0 bridgehead atoms. The predicted octanol–water partition coefficient (Wildman–Crippen LogP) is 8.09. The summed E-state index contributed by atoms with van der Waals surface area (Å²) in [4.78, 5) is 2.25. The maximum absolute atomic E-state index is 6.70. The molecule has 0 fully saturated rings. The van der Waals surface area contributed by atoms with Gasteiger partial charge in [-0.2, -0.15) is 0 Å². The second-order valence-electron chi connectivity index (χ2n) is 11.0. The van der Waals surface area contributed by atoms with Crippen molar-refractivity contribution in [3.8, 4) is 23.0 Å². The van der Waals surface area contributed by atoms with Crippen molar-refractivity contribution in [3.05, 3.63) is 133 Å². The number of hydrogen-bond donors (Lipinski definition) is 0. The number of anilines is 3. The Hall–Kier alpha value is -5.42. The average molecular weight is 541 g/mol. The van der Waals surface area contributed by atoms with E-state index in [4.69, 9.17) is 13.9 Å². The Morgan fingerprint density at radius 2 is 1.21 bits per heavy atom. The van der Waals surface area contributed by atoms with Gasteiger partial charge in [0.2, 0.25) is 0 Å². The van der Waals surface area contributed by atoms with Crippen LogP contribution < -0.4 is 30.8 Å². The molecule has 0 N–H and O–H groups in total. The molecular weight excluding hydrogens is 517 g/mol. The lowest BCUT2D eigenvalue weighted by atomic mass is 9.35. The van der Waals surface area contributed by atoms with Crippen molar-refractivity contribution in [2.45, 2.75) is 6.92 Å². The molecule has 2 aliphatic rings. The van der Waals surface area contributed by atoms with Crippen molar-refractivity contribution in [1.82, 2.24) is 0 Å². The number of ether oxygens (including phenoxy) is 2. The Morgan fingerprint density at radius 1 is 0.548 bits per heavy atom. The molecule has 1 aromatic heterocycles. The van der Waals surface area contributed by atoms with E-state index in [2.05, 4.69) is 115 Å². The highest BCUT2D eigenvalue weighted by Gasteiger charge is 2.41. The first kappa shape index (κ1) is 23.3. The van der Waals surface area contributed by atoms with Crippen LogP contribution in [-0.2, 0) is 0 Å². The van der Waals surface area contributed by atoms with E-state index in [0.29, 0.717) is 0 Å². The van der Waals surface area contributed by atoms with Gasteiger partial charge in [-0.25, -0.2) is 0 Å². The number of rotatable bonds is 3. The van der Waals surface area contributed by atoms with Crippen molar-refractivity contribution < 1.29 is 13.9 Å². The second-order valence-corrected chi connectivity index (χ2v) is 11.0. The molecule has 7 aromatic rings. The summed E-state index contributed by atoms with van der Waals surface area (Å²) < 4.78 is 19.8. The highest BCUT2D eigenvalue weighted by molar-refractivity contribution is 6.98. The molecule has 0 saturated heterocycles. The Labute approximate surface area is 243 Å². The van der Waals surface area contributed by atoms with Crippen LogP contribution in [0.25, 0.3) is 21.9 Å². The van der Waals surface area contributed by atoms with E-state index >= 15 is 0 Å². The van der Waals surface area contributed by atoms with Crippen molar-refractivity contribution in [2.75, 3.05) is 4.90 Å². The van der Waals surface area contributed by atoms with Crippen molar-refractivity contribution in [2.24, 2.45) is 0 Å². The third-order valence-electron chi connectivity index (χ3n) is 8.41. The summed E-state index contributed by atoms with van der Waals surface area (Å²) in [5.74, 6) is 3.34. The summed E-state index contributed by atoms with van der Waals surface area (Å²) in [6.45, 7) is 2.08. The van der Waals surface area contributed by atoms with Gasteiger partial charge in [0.15, 0.2) is 11.3 Å². The highest BCUT2D eigenvalue weighted by atomic mass is 16.5. The van der Waals surface area contributed by atoms with Gasteiger partial charge in [0.25, 0.3) is 6.71 Å². The number of fused-ring (bicyclic) bond motifs is 8. The number of para-hydroxylation sites is 3. The van der Waals surface area contributed by atoms with Crippen LogP contribution in [0.3, 0.4) is 0 Å². The fourth-order valence-corrected chi connectivity index (χ4v) is 6.60. The van der Waals surface area contributed by atoms with Crippen LogP contribution >= 0.6 is 0 Å². The van der Waals surface area contributed by atoms with E-state index in [9.17, 15) is 0 Å². The predicted molar refractivity (Wildman–Crippen MR) is 171 cm³/mol. The first-order valence-corrected chi connectivity index (χ1v) is 14.2. The SMILES string of the molecule is Cc1cc2c3c(c1)Oc1c(ccc4c1oc1cc(N(c5ccccc5)c5ccccc5)ccc14)B3c1ccccc1O2. The summed E-state index contributed by atoms with van der Waals surface area (Å²) in [5.41, 5.74) is 9.17. The fourth-order valence-electron chi connectivity index (χ4n) is 6.60. The molecular formula is C37H24BNO3. The standard InChI is InChI=1S/C37H24BNO3/c1-23-20-33-35-34(21-23)42-37-30(38(35)29-14-8-9-15-31(29)40-33)19-18-28-27-17-16-26(22-32(27)41-36(28)37)39(24-10-4-2-5-11-24)25-12-6-3-7-13-25/h2-22H,1H3. The van der Waals surface area contributed by atoms with Crippen LogP contribution in [0.2, 0.25) is 0 Å². The van der Waals surface area contributed by atoms with E-state index in [0.717, 1.165) is 84.0 Å². The third-order valence-corrected chi connectivity index (χ3v) is 8.41. The molecule has 198 valence electrons. The van der Waals surface area contributed by atoms with Gasteiger partial charge in [-0.1, -0.05) is 66.7 Å². The second kappa shape index (κ2) is 8.79. The minimum atomic E-state index is 0.00382. The Bertz CT molecular complexity index is 2130. The smallest absolute Gasteiger partial charge is 0.260 e. The summed E-state index contributed by atoms with van der Waals surface area (Å²) in [6, 6.07) is 44.1. The molecule has 9 rings (SSSR count). The lowest BCUT2D eigenvalue weighted by Crippen LogP contribution is -2.57. The third kappa shape index (κ3) is 3.37. The van der Waals surface area contributed by atoms with E-state index in [-0.39, 0.29) is 6.71 Å². The molecule has 42 heavy (non-hydrogen) atoms. The van der Waals surface area contributed by atoms with E-state index in [1.165, 1.54) is 0 Å². The Kier molecular flexibility index (Phi) is 4.88. The lowest BCUT2D eigenvalue weighted by Gasteiger charge is -2.33. The molecule has 0 saturated carbocycles. The molecule has 0 unspecified atom stereocenters. The van der Waals surface area contributed by atoms with Crippen molar-refractivity contribution in [1.29, 1.82) is 0 Å². The van der Waals surface area contributed by atoms with Gasteiger partial charge in [-0.3, -0.25) is 0 Å². The Morgan fingerprint density at radius 3 is 1.98 bits per heavy atom. The number of nitrogens with zero attached hydrogens (tertiary/aromatic N) is 1. The maximum atomic E-state index is 6.70. The quantitative estimate of drug-likeness (QED) is 0.212. The minimum Gasteiger partial charge on any atom is -0.458 e. The average Bonchev–Trinajstić information content (AvgIpc) is 3.40. The van der Waals surface area contributed by atoms with Gasteiger partial charge in [-0.05, 0) is 78.0 Å². The van der Waals surface area contributed by atoms with Gasteiger partial charge in [0.05, 0.1) is 0 Å². The lowest BCUT2D eigenvalue weighted by molar-refractivity contribution is 0.461. The van der Waals surface area contributed by atoms with Crippen LogP contribution in [0.1, 0.15) is 5.56 Å². The minimum absolute atomic E-state index is 0.00382. The summed E-state index contributed by atoms with van der Waals surface area (Å²) in [5, 5.41) is 2.10. The molecule has 0 atom stereocenters. The molecule has 0 radical (unpaired) electrons. The first-order valence-electron chi connectivity index (χ1n) is 14.2. The van der Waals surface area contributed by atoms with Crippen LogP contribution in [-0.4, -0.2) is 6.71 Å². The van der Waals surface area contributed by atoms with Crippen LogP contribution in [0, 0.1) is 6.92 Å². The van der Waals surface area contributed by atoms with Gasteiger partial charge < -0.3 is 18.8 Å². The molecule has 0 aliphatic carbocycles. The van der Waals surface area contributed by atoms with Gasteiger partial charge in [0.1, 0.15) is 22.8 Å². The summed E-state index contributed by atoms with van der Waals surface area (Å²) >= 11 is 0. The highest BCUT2D eigenvalue weighted by Crippen LogP contribution is 2.43. The van der Waals surface area contributed by atoms with E-state index in [1.807, 2.05) is 24.3 Å². The molecule has 0 spiro atoms. The maximum Gasteiger partial charge on any atom is 0.260 e. The number of aryl methyl sites for hydroxylation is 1. The monoisotopic (exact) mass is 541 g/mol. The fraction of sp³-hybridized carbons (Fsp3) is 0.0270. The van der Waals surface area contributed by atoms with Gasteiger partial charge >= 0.3 is 0 Å². The van der Waals surface area contributed by atoms with Crippen molar-refractivity contribution >= 4 is 62.1 Å². The van der Waals surface area contributed by atoms with Crippen molar-refractivity contribution in [3.63, 3.8) is 0 Å². The summed E-state index contributed by atoms with van der Waals surface area (Å²) in [7, 11) is 0. The van der Waals surface area contributed by atoms with Gasteiger partial charge in [-0.15, -0.1) is 0 Å². The largest absolute Gasteiger partial charge is 0.458 e. The van der Waals surface area contributed by atoms with E-state index in [1.54, 1.807) is 0 Å². The number of hydrogen-bond acceptors (Lipinski definition) is 4. The van der Waals surface area contributed by atoms with Crippen LogP contribution in [0.4, 0.5) is 17.1 Å².